The Balaban J connectivity index is 1.77. The van der Waals surface area contributed by atoms with Crippen molar-refractivity contribution in [1.29, 1.82) is 0 Å². The molecule has 21 heavy (non-hydrogen) atoms. The quantitative estimate of drug-likeness (QED) is 0.838. The number of urea groups is 1. The van der Waals surface area contributed by atoms with E-state index in [9.17, 15) is 9.59 Å². The van der Waals surface area contributed by atoms with Gasteiger partial charge in [0, 0.05) is 19.6 Å². The fourth-order valence-corrected chi connectivity index (χ4v) is 1.94. The molecule has 0 aliphatic carbocycles. The molecule has 2 amide bonds. The number of hydrogen-bond acceptors (Lipinski definition) is 4. The normalized spacial score (nSPS) is 16.7. The second kappa shape index (κ2) is 6.11. The number of carbonyl (C=O) groups excluding carboxylic acids is 1. The highest BCUT2D eigenvalue weighted by atomic mass is 16.4. The average molecular weight is 295 g/mol. The van der Waals surface area contributed by atoms with E-state index in [1.54, 1.807) is 4.90 Å². The highest BCUT2D eigenvalue weighted by Gasteiger charge is 2.33. The van der Waals surface area contributed by atoms with Crippen molar-refractivity contribution in [1.82, 2.24) is 25.2 Å². The van der Waals surface area contributed by atoms with E-state index >= 15 is 0 Å². The van der Waals surface area contributed by atoms with Crippen molar-refractivity contribution in [2.45, 2.75) is 26.8 Å². The molecular formula is C13H21N5O3. The largest absolute Gasteiger partial charge is 0.476 e. The minimum atomic E-state index is -1.10. The smallest absolute Gasteiger partial charge is 0.358 e. The van der Waals surface area contributed by atoms with Crippen LogP contribution in [-0.2, 0) is 0 Å². The molecule has 1 aliphatic heterocycles. The Morgan fingerprint density at radius 1 is 1.43 bits per heavy atom. The molecule has 2 rings (SSSR count). The van der Waals surface area contributed by atoms with Crippen molar-refractivity contribution in [2.75, 3.05) is 19.6 Å². The molecule has 1 saturated heterocycles. The number of likely N-dealkylation sites (tertiary alicyclic amines) is 1. The fourth-order valence-electron chi connectivity index (χ4n) is 1.94. The maximum absolute atomic E-state index is 11.9. The fraction of sp³-hybridized carbons (Fsp3) is 0.692. The predicted octanol–water partition coefficient (Wildman–Crippen LogP) is 0.835. The van der Waals surface area contributed by atoms with Crippen LogP contribution in [0.2, 0.25) is 0 Å². The lowest BCUT2D eigenvalue weighted by Gasteiger charge is -2.38. The van der Waals surface area contributed by atoms with Crippen molar-refractivity contribution in [2.24, 2.45) is 11.8 Å². The van der Waals surface area contributed by atoms with E-state index in [0.717, 1.165) is 0 Å². The van der Waals surface area contributed by atoms with Gasteiger partial charge in [-0.2, -0.15) is 0 Å². The van der Waals surface area contributed by atoms with Crippen molar-refractivity contribution < 1.29 is 14.7 Å². The second-order valence-corrected chi connectivity index (χ2v) is 5.86. The van der Waals surface area contributed by atoms with E-state index in [1.807, 2.05) is 0 Å². The Morgan fingerprint density at radius 2 is 2.10 bits per heavy atom. The first-order valence-electron chi connectivity index (χ1n) is 7.06. The Hall–Kier alpha value is -2.12. The van der Waals surface area contributed by atoms with Gasteiger partial charge in [-0.15, -0.1) is 5.10 Å². The van der Waals surface area contributed by atoms with Crippen LogP contribution in [0.4, 0.5) is 4.79 Å². The van der Waals surface area contributed by atoms with Crippen LogP contribution in [0.3, 0.4) is 0 Å². The van der Waals surface area contributed by atoms with E-state index < -0.39 is 5.97 Å². The summed E-state index contributed by atoms with van der Waals surface area (Å²) in [5, 5.41) is 19.0. The second-order valence-electron chi connectivity index (χ2n) is 5.86. The minimum absolute atomic E-state index is 0.00104. The molecule has 0 saturated carbocycles. The van der Waals surface area contributed by atoms with Crippen molar-refractivity contribution >= 4 is 12.0 Å². The third-order valence-electron chi connectivity index (χ3n) is 3.97. The van der Waals surface area contributed by atoms with Gasteiger partial charge in [0.15, 0.2) is 5.69 Å². The molecule has 1 unspecified atom stereocenters. The molecule has 2 N–H and O–H groups in total. The molecule has 8 nitrogen and oxygen atoms in total. The predicted molar refractivity (Wildman–Crippen MR) is 75.0 cm³/mol. The van der Waals surface area contributed by atoms with Crippen LogP contribution >= 0.6 is 0 Å². The number of nitrogens with one attached hydrogen (secondary N) is 1. The van der Waals surface area contributed by atoms with Gasteiger partial charge >= 0.3 is 12.0 Å². The van der Waals surface area contributed by atoms with E-state index in [2.05, 4.69) is 36.4 Å². The van der Waals surface area contributed by atoms with Gasteiger partial charge in [0.25, 0.3) is 0 Å². The van der Waals surface area contributed by atoms with E-state index in [1.165, 1.54) is 10.9 Å². The first-order chi connectivity index (χ1) is 9.88. The Bertz CT molecular complexity index is 522. The van der Waals surface area contributed by atoms with Crippen molar-refractivity contribution in [3.8, 4) is 0 Å². The number of rotatable bonds is 5. The minimum Gasteiger partial charge on any atom is -0.476 e. The molecule has 0 spiro atoms. The van der Waals surface area contributed by atoms with Gasteiger partial charge in [-0.3, -0.25) is 0 Å². The number of carbonyl (C=O) groups is 2. The van der Waals surface area contributed by atoms with Crippen LogP contribution in [0.25, 0.3) is 0 Å². The summed E-state index contributed by atoms with van der Waals surface area (Å²) in [7, 11) is 0. The number of carboxylic acid groups (broad SMARTS) is 1. The molecule has 1 aromatic rings. The Morgan fingerprint density at radius 3 is 2.62 bits per heavy atom. The Kier molecular flexibility index (Phi) is 4.44. The summed E-state index contributed by atoms with van der Waals surface area (Å²) in [4.78, 5) is 24.3. The number of carboxylic acids is 1. The third kappa shape index (κ3) is 3.50. The van der Waals surface area contributed by atoms with Gasteiger partial charge in [0.2, 0.25) is 0 Å². The molecule has 0 radical (unpaired) electrons. The van der Waals surface area contributed by atoms with Crippen LogP contribution in [0, 0.1) is 11.8 Å². The summed E-state index contributed by atoms with van der Waals surface area (Å²) >= 11 is 0. The molecule has 116 valence electrons. The number of hydrogen-bond donors (Lipinski definition) is 2. The molecule has 2 heterocycles. The topological polar surface area (TPSA) is 100 Å². The molecular weight excluding hydrogens is 274 g/mol. The van der Waals surface area contributed by atoms with Gasteiger partial charge in [-0.05, 0) is 11.8 Å². The average Bonchev–Trinajstić information content (AvgIpc) is 2.83. The van der Waals surface area contributed by atoms with Gasteiger partial charge in [-0.1, -0.05) is 26.0 Å². The number of amides is 2. The summed E-state index contributed by atoms with van der Waals surface area (Å²) < 4.78 is 1.50. The molecule has 1 atom stereocenters. The Labute approximate surface area is 123 Å². The number of aromatic nitrogens is 3. The summed E-state index contributed by atoms with van der Waals surface area (Å²) in [6.45, 7) is 8.05. The molecule has 1 aliphatic rings. The van der Waals surface area contributed by atoms with E-state index in [-0.39, 0.29) is 17.8 Å². The highest BCUT2D eigenvalue weighted by molar-refractivity contribution is 5.84. The first kappa shape index (κ1) is 15.3. The van der Waals surface area contributed by atoms with Crippen LogP contribution in [0.1, 0.15) is 37.3 Å². The van der Waals surface area contributed by atoms with Crippen LogP contribution in [0.15, 0.2) is 6.20 Å². The maximum atomic E-state index is 11.9. The maximum Gasteiger partial charge on any atom is 0.358 e. The SMILES string of the molecule is CC(C)C(C)CNC(=O)N1CC(n2cc(C(=O)O)nn2)C1. The molecule has 0 aromatic carbocycles. The van der Waals surface area contributed by atoms with Gasteiger partial charge < -0.3 is 15.3 Å². The highest BCUT2D eigenvalue weighted by Crippen LogP contribution is 2.20. The van der Waals surface area contributed by atoms with Crippen LogP contribution in [0.5, 0.6) is 0 Å². The van der Waals surface area contributed by atoms with Gasteiger partial charge in [-0.25, -0.2) is 14.3 Å². The van der Waals surface area contributed by atoms with E-state index in [0.29, 0.717) is 31.5 Å². The number of aromatic carboxylic acids is 1. The first-order valence-corrected chi connectivity index (χ1v) is 7.06. The van der Waals surface area contributed by atoms with Crippen molar-refractivity contribution in [3.05, 3.63) is 11.9 Å². The lowest BCUT2D eigenvalue weighted by molar-refractivity contribution is 0.0690. The lowest BCUT2D eigenvalue weighted by Crippen LogP contribution is -2.55. The zero-order valence-electron chi connectivity index (χ0n) is 12.5. The molecule has 8 heteroatoms. The zero-order chi connectivity index (χ0) is 15.6. The summed E-state index contributed by atoms with van der Waals surface area (Å²) in [5.74, 6) is -0.142. The third-order valence-corrected chi connectivity index (χ3v) is 3.97. The standard InChI is InChI=1S/C13H21N5O3/c1-8(2)9(3)4-14-13(21)17-5-10(6-17)18-7-11(12(19)20)15-16-18/h7-10H,4-6H2,1-3H3,(H,14,21)(H,19,20). The summed E-state index contributed by atoms with van der Waals surface area (Å²) in [5.41, 5.74) is -0.0799. The summed E-state index contributed by atoms with van der Waals surface area (Å²) in [6.07, 6.45) is 1.39. The van der Waals surface area contributed by atoms with Crippen LogP contribution < -0.4 is 5.32 Å². The van der Waals surface area contributed by atoms with Gasteiger partial charge in [0.1, 0.15) is 0 Å². The monoisotopic (exact) mass is 295 g/mol. The van der Waals surface area contributed by atoms with Crippen molar-refractivity contribution in [3.63, 3.8) is 0 Å². The van der Waals surface area contributed by atoms with E-state index in [4.69, 9.17) is 5.11 Å². The molecule has 1 fully saturated rings. The lowest BCUT2D eigenvalue weighted by atomic mass is 9.98. The van der Waals surface area contributed by atoms with Gasteiger partial charge in [0.05, 0.1) is 12.2 Å². The number of nitrogens with zero attached hydrogens (tertiary/aromatic N) is 4. The molecule has 1 aromatic heterocycles. The summed E-state index contributed by atoms with van der Waals surface area (Å²) in [6, 6.07) is -0.0869. The van der Waals surface area contributed by atoms with Crippen LogP contribution in [-0.4, -0.2) is 56.6 Å². The zero-order valence-corrected chi connectivity index (χ0v) is 12.5. The molecule has 0 bridgehead atoms.